The second kappa shape index (κ2) is 7.53. The van der Waals surface area contributed by atoms with Crippen molar-refractivity contribution in [3.8, 4) is 0 Å². The number of hydrogen-bond donors (Lipinski definition) is 0. The maximum atomic E-state index is 4.16. The first-order valence-corrected chi connectivity index (χ1v) is 7.30. The summed E-state index contributed by atoms with van der Waals surface area (Å²) in [5.74, 6) is 0. The first-order valence-electron chi connectivity index (χ1n) is 7.30. The van der Waals surface area contributed by atoms with Crippen molar-refractivity contribution in [1.82, 2.24) is 0 Å². The molecule has 0 saturated heterocycles. The van der Waals surface area contributed by atoms with E-state index in [1.165, 1.54) is 11.1 Å². The van der Waals surface area contributed by atoms with Crippen LogP contribution in [0.5, 0.6) is 0 Å². The molecule has 0 spiro atoms. The summed E-state index contributed by atoms with van der Waals surface area (Å²) < 4.78 is 0. The Morgan fingerprint density at radius 2 is 1.63 bits per heavy atom. The van der Waals surface area contributed by atoms with E-state index < -0.39 is 0 Å². The minimum absolute atomic E-state index is 0.195. The van der Waals surface area contributed by atoms with Gasteiger partial charge in [-0.2, -0.15) is 0 Å². The standard InChI is InChI=1S/C19H32/c1-9-13-17(19(7,8)10-2)15-12-11-14-16(3)18(4,5)6/h9,11-12,15H,1,3,10,13-14H2,2,4-8H3/b12-11-,17-15+. The lowest BCUT2D eigenvalue weighted by Gasteiger charge is -2.26. The van der Waals surface area contributed by atoms with Crippen LogP contribution in [0.2, 0.25) is 0 Å². The number of hydrogen-bond acceptors (Lipinski definition) is 0. The third kappa shape index (κ3) is 6.61. The predicted molar refractivity (Wildman–Crippen MR) is 89.3 cm³/mol. The van der Waals surface area contributed by atoms with Crippen molar-refractivity contribution < 1.29 is 0 Å². The van der Waals surface area contributed by atoms with Crippen LogP contribution in [-0.2, 0) is 0 Å². The maximum Gasteiger partial charge on any atom is -0.0133 e. The quantitative estimate of drug-likeness (QED) is 0.363. The van der Waals surface area contributed by atoms with Crippen LogP contribution in [0.4, 0.5) is 0 Å². The van der Waals surface area contributed by atoms with E-state index in [1.807, 2.05) is 6.08 Å². The molecule has 0 unspecified atom stereocenters. The average Bonchev–Trinajstić information content (AvgIpc) is 2.31. The van der Waals surface area contributed by atoms with Crippen molar-refractivity contribution in [3.05, 3.63) is 48.6 Å². The lowest BCUT2D eigenvalue weighted by Crippen LogP contribution is -2.12. The topological polar surface area (TPSA) is 0 Å². The lowest BCUT2D eigenvalue weighted by atomic mass is 9.79. The van der Waals surface area contributed by atoms with E-state index in [0.717, 1.165) is 19.3 Å². The van der Waals surface area contributed by atoms with Crippen LogP contribution in [0.15, 0.2) is 48.6 Å². The minimum atomic E-state index is 0.195. The van der Waals surface area contributed by atoms with Gasteiger partial charge in [-0.25, -0.2) is 0 Å². The molecule has 108 valence electrons. The average molecular weight is 260 g/mol. The Bertz CT molecular complexity index is 356. The summed E-state index contributed by atoms with van der Waals surface area (Å²) in [5.41, 5.74) is 3.17. The smallest absolute Gasteiger partial charge is 0.0133 e. The molecule has 0 bridgehead atoms. The van der Waals surface area contributed by atoms with Gasteiger partial charge < -0.3 is 0 Å². The van der Waals surface area contributed by atoms with Crippen LogP contribution in [0, 0.1) is 10.8 Å². The van der Waals surface area contributed by atoms with E-state index in [-0.39, 0.29) is 10.8 Å². The zero-order chi connectivity index (χ0) is 15.1. The van der Waals surface area contributed by atoms with Crippen LogP contribution in [0.3, 0.4) is 0 Å². The minimum Gasteiger partial charge on any atom is -0.103 e. The van der Waals surface area contributed by atoms with E-state index in [0.29, 0.717) is 0 Å². The van der Waals surface area contributed by atoms with Gasteiger partial charge in [-0.15, -0.1) is 6.58 Å². The van der Waals surface area contributed by atoms with Gasteiger partial charge in [-0.1, -0.05) is 83.6 Å². The summed E-state index contributed by atoms with van der Waals surface area (Å²) in [6.45, 7) is 21.5. The molecule has 0 N–H and O–H groups in total. The molecular formula is C19H32. The maximum absolute atomic E-state index is 4.16. The van der Waals surface area contributed by atoms with Gasteiger partial charge in [-0.3, -0.25) is 0 Å². The molecule has 0 aromatic carbocycles. The van der Waals surface area contributed by atoms with Crippen LogP contribution in [-0.4, -0.2) is 0 Å². The Balaban J connectivity index is 4.73. The van der Waals surface area contributed by atoms with E-state index >= 15 is 0 Å². The van der Waals surface area contributed by atoms with E-state index in [9.17, 15) is 0 Å². The largest absolute Gasteiger partial charge is 0.103 e. The highest BCUT2D eigenvalue weighted by molar-refractivity contribution is 5.22. The highest BCUT2D eigenvalue weighted by atomic mass is 14.2. The summed E-state index contributed by atoms with van der Waals surface area (Å²) in [4.78, 5) is 0. The molecule has 0 amide bonds. The Labute approximate surface area is 121 Å². The van der Waals surface area contributed by atoms with Gasteiger partial charge >= 0.3 is 0 Å². The van der Waals surface area contributed by atoms with Crippen LogP contribution < -0.4 is 0 Å². The van der Waals surface area contributed by atoms with Crippen LogP contribution in [0.25, 0.3) is 0 Å². The SMILES string of the molecule is C=CC/C(=C\C=C/CC(=C)C(C)(C)C)C(C)(C)CC. The zero-order valence-corrected chi connectivity index (χ0v) is 13.8. The predicted octanol–water partition coefficient (Wildman–Crippen LogP) is 6.47. The fraction of sp³-hybridized carbons (Fsp3) is 0.579. The molecule has 19 heavy (non-hydrogen) atoms. The Hall–Kier alpha value is -1.04. The number of rotatable bonds is 7. The first-order chi connectivity index (χ1) is 8.65. The summed E-state index contributed by atoms with van der Waals surface area (Å²) in [5, 5.41) is 0. The molecule has 0 aliphatic rings. The molecular weight excluding hydrogens is 228 g/mol. The summed E-state index contributed by atoms with van der Waals surface area (Å²) >= 11 is 0. The second-order valence-corrected chi connectivity index (χ2v) is 6.91. The van der Waals surface area contributed by atoms with Gasteiger partial charge in [0.15, 0.2) is 0 Å². The summed E-state index contributed by atoms with van der Waals surface area (Å²) in [6, 6.07) is 0. The second-order valence-electron chi connectivity index (χ2n) is 6.91. The van der Waals surface area contributed by atoms with Gasteiger partial charge in [0.25, 0.3) is 0 Å². The Kier molecular flexibility index (Phi) is 7.11. The van der Waals surface area contributed by atoms with Gasteiger partial charge in [0.05, 0.1) is 0 Å². The Morgan fingerprint density at radius 3 is 2.05 bits per heavy atom. The molecule has 0 aliphatic heterocycles. The van der Waals surface area contributed by atoms with Crippen molar-refractivity contribution >= 4 is 0 Å². The van der Waals surface area contributed by atoms with Crippen molar-refractivity contribution in [2.45, 2.75) is 60.8 Å². The fourth-order valence-electron chi connectivity index (χ4n) is 1.65. The van der Waals surface area contributed by atoms with E-state index in [1.54, 1.807) is 0 Å². The highest BCUT2D eigenvalue weighted by Gasteiger charge is 2.19. The Morgan fingerprint density at radius 1 is 1.05 bits per heavy atom. The van der Waals surface area contributed by atoms with E-state index in [4.69, 9.17) is 0 Å². The fourth-order valence-corrected chi connectivity index (χ4v) is 1.65. The zero-order valence-electron chi connectivity index (χ0n) is 13.8. The highest BCUT2D eigenvalue weighted by Crippen LogP contribution is 2.32. The number of allylic oxidation sites excluding steroid dienone is 6. The lowest BCUT2D eigenvalue weighted by molar-refractivity contribution is 0.422. The van der Waals surface area contributed by atoms with Crippen LogP contribution >= 0.6 is 0 Å². The normalized spacial score (nSPS) is 13.9. The molecule has 0 aromatic heterocycles. The molecule has 0 heteroatoms. The van der Waals surface area contributed by atoms with E-state index in [2.05, 4.69) is 72.9 Å². The molecule has 0 radical (unpaired) electrons. The first kappa shape index (κ1) is 18.0. The van der Waals surface area contributed by atoms with Gasteiger partial charge in [0, 0.05) is 0 Å². The van der Waals surface area contributed by atoms with Crippen molar-refractivity contribution in [1.29, 1.82) is 0 Å². The molecule has 0 fully saturated rings. The van der Waals surface area contributed by atoms with Gasteiger partial charge in [-0.05, 0) is 30.1 Å². The van der Waals surface area contributed by atoms with Gasteiger partial charge in [0.1, 0.15) is 0 Å². The van der Waals surface area contributed by atoms with Crippen LogP contribution in [0.1, 0.15) is 60.8 Å². The molecule has 0 atom stereocenters. The van der Waals surface area contributed by atoms with Crippen molar-refractivity contribution in [3.63, 3.8) is 0 Å². The van der Waals surface area contributed by atoms with Gasteiger partial charge in [0.2, 0.25) is 0 Å². The molecule has 0 nitrogen and oxygen atoms in total. The molecule has 0 rings (SSSR count). The third-order valence-corrected chi connectivity index (χ3v) is 3.98. The monoisotopic (exact) mass is 260 g/mol. The van der Waals surface area contributed by atoms with Crippen molar-refractivity contribution in [2.24, 2.45) is 10.8 Å². The molecule has 0 aromatic rings. The molecule has 0 heterocycles. The third-order valence-electron chi connectivity index (χ3n) is 3.98. The summed E-state index contributed by atoms with van der Waals surface area (Å²) in [6.07, 6.45) is 11.7. The molecule has 0 saturated carbocycles. The molecule has 0 aliphatic carbocycles. The van der Waals surface area contributed by atoms with Crippen molar-refractivity contribution in [2.75, 3.05) is 0 Å². The summed E-state index contributed by atoms with van der Waals surface area (Å²) in [7, 11) is 0.